The second kappa shape index (κ2) is 4.16. The summed E-state index contributed by atoms with van der Waals surface area (Å²) in [7, 11) is 0. The number of primary amides is 1. The number of para-hydroxylation sites is 1. The minimum absolute atomic E-state index is 0.0722. The smallest absolute Gasteiger partial charge is 0.395 e. The average molecular weight is 278 g/mol. The molecule has 20 heavy (non-hydrogen) atoms. The molecule has 0 saturated carbocycles. The number of rotatable bonds is 2. The quantitative estimate of drug-likeness (QED) is 0.913. The molecule has 5 nitrogen and oxygen atoms in total. The Labute approximate surface area is 111 Å². The van der Waals surface area contributed by atoms with Crippen LogP contribution in [0.5, 0.6) is 11.5 Å². The monoisotopic (exact) mass is 278 g/mol. The third kappa shape index (κ3) is 2.03. The van der Waals surface area contributed by atoms with E-state index in [1.165, 1.54) is 30.6 Å². The van der Waals surface area contributed by atoms with E-state index in [-0.39, 0.29) is 17.1 Å². The minimum Gasteiger partial charge on any atom is -0.395 e. The largest absolute Gasteiger partial charge is 0.586 e. The van der Waals surface area contributed by atoms with Gasteiger partial charge < -0.3 is 15.2 Å². The Morgan fingerprint density at radius 3 is 2.80 bits per heavy atom. The summed E-state index contributed by atoms with van der Waals surface area (Å²) >= 11 is 0. The van der Waals surface area contributed by atoms with Crippen molar-refractivity contribution in [3.63, 3.8) is 0 Å². The predicted molar refractivity (Wildman–Crippen MR) is 64.4 cm³/mol. The van der Waals surface area contributed by atoms with Crippen LogP contribution in [0, 0.1) is 0 Å². The summed E-state index contributed by atoms with van der Waals surface area (Å²) in [6, 6.07) is 5.91. The number of hydrogen-bond acceptors (Lipinski definition) is 4. The highest BCUT2D eigenvalue weighted by Gasteiger charge is 2.44. The zero-order chi connectivity index (χ0) is 14.3. The number of nitrogens with two attached hydrogens (primary N) is 1. The van der Waals surface area contributed by atoms with Crippen molar-refractivity contribution in [1.29, 1.82) is 0 Å². The first-order valence-corrected chi connectivity index (χ1v) is 5.60. The fourth-order valence-electron chi connectivity index (χ4n) is 1.92. The van der Waals surface area contributed by atoms with Gasteiger partial charge in [-0.05, 0) is 12.1 Å². The van der Waals surface area contributed by atoms with Crippen molar-refractivity contribution in [3.8, 4) is 22.6 Å². The van der Waals surface area contributed by atoms with E-state index >= 15 is 0 Å². The summed E-state index contributed by atoms with van der Waals surface area (Å²) in [5.41, 5.74) is 6.11. The molecule has 2 N–H and O–H groups in total. The van der Waals surface area contributed by atoms with Gasteiger partial charge in [0.05, 0.1) is 5.56 Å². The number of aromatic nitrogens is 1. The molecular weight excluding hydrogens is 270 g/mol. The number of hydrogen-bond donors (Lipinski definition) is 1. The molecule has 0 fully saturated rings. The molecule has 0 unspecified atom stereocenters. The number of alkyl halides is 2. The predicted octanol–water partition coefficient (Wildman–Crippen LogP) is 2.17. The number of ether oxygens (including phenoxy) is 2. The van der Waals surface area contributed by atoms with Gasteiger partial charge in [-0.15, -0.1) is 8.78 Å². The molecule has 2 aromatic rings. The van der Waals surface area contributed by atoms with Crippen LogP contribution in [0.25, 0.3) is 11.1 Å². The highest BCUT2D eigenvalue weighted by atomic mass is 19.3. The lowest BCUT2D eigenvalue weighted by Crippen LogP contribution is -2.26. The van der Waals surface area contributed by atoms with Crippen LogP contribution in [0.2, 0.25) is 0 Å². The number of pyridine rings is 1. The van der Waals surface area contributed by atoms with E-state index in [9.17, 15) is 13.6 Å². The summed E-state index contributed by atoms with van der Waals surface area (Å²) in [5, 5.41) is 0. The zero-order valence-electron chi connectivity index (χ0n) is 9.97. The van der Waals surface area contributed by atoms with Crippen molar-refractivity contribution in [2.75, 3.05) is 0 Å². The van der Waals surface area contributed by atoms with E-state index < -0.39 is 12.2 Å². The number of benzene rings is 1. The van der Waals surface area contributed by atoms with Crippen molar-refractivity contribution in [1.82, 2.24) is 4.98 Å². The van der Waals surface area contributed by atoms with Gasteiger partial charge in [-0.25, -0.2) is 0 Å². The molecule has 7 heteroatoms. The van der Waals surface area contributed by atoms with Gasteiger partial charge in [-0.3, -0.25) is 9.78 Å². The maximum atomic E-state index is 13.1. The normalized spacial score (nSPS) is 15.1. The summed E-state index contributed by atoms with van der Waals surface area (Å²) in [4.78, 5) is 15.0. The highest BCUT2D eigenvalue weighted by molar-refractivity contribution is 5.94. The standard InChI is InChI=1S/C13H8F2N2O3/c14-13(15)19-10-3-1-2-9(11(10)20-13)7-4-8(12(16)18)6-17-5-7/h1-6H,(H2,16,18). The van der Waals surface area contributed by atoms with Crippen LogP contribution in [0.4, 0.5) is 8.78 Å². The number of nitrogens with zero attached hydrogens (tertiary/aromatic N) is 1. The van der Waals surface area contributed by atoms with Gasteiger partial charge in [0, 0.05) is 23.5 Å². The van der Waals surface area contributed by atoms with Crippen LogP contribution in [0.15, 0.2) is 36.7 Å². The molecule has 0 aliphatic carbocycles. The first-order chi connectivity index (χ1) is 9.46. The molecule has 102 valence electrons. The van der Waals surface area contributed by atoms with Crippen molar-refractivity contribution < 1.29 is 23.0 Å². The molecule has 1 amide bonds. The second-order valence-electron chi connectivity index (χ2n) is 4.13. The minimum atomic E-state index is -3.70. The van der Waals surface area contributed by atoms with Gasteiger partial charge >= 0.3 is 6.29 Å². The first kappa shape index (κ1) is 12.3. The van der Waals surface area contributed by atoms with Gasteiger partial charge in [0.2, 0.25) is 5.91 Å². The number of halogens is 2. The number of amides is 1. The summed E-state index contributed by atoms with van der Waals surface area (Å²) in [6.45, 7) is 0. The van der Waals surface area contributed by atoms with E-state index in [2.05, 4.69) is 14.5 Å². The maximum Gasteiger partial charge on any atom is 0.586 e. The lowest BCUT2D eigenvalue weighted by molar-refractivity contribution is -0.286. The third-order valence-corrected chi connectivity index (χ3v) is 2.76. The molecule has 0 bridgehead atoms. The molecule has 1 aromatic heterocycles. The lowest BCUT2D eigenvalue weighted by atomic mass is 10.0. The van der Waals surface area contributed by atoms with Gasteiger partial charge in [0.1, 0.15) is 0 Å². The van der Waals surface area contributed by atoms with E-state index in [0.717, 1.165) is 0 Å². The Hall–Kier alpha value is -2.70. The Morgan fingerprint density at radius 2 is 2.05 bits per heavy atom. The van der Waals surface area contributed by atoms with Gasteiger partial charge in [-0.2, -0.15) is 0 Å². The van der Waals surface area contributed by atoms with Crippen LogP contribution in [0.3, 0.4) is 0 Å². The summed E-state index contributed by atoms with van der Waals surface area (Å²) in [5.74, 6) is -0.827. The molecule has 1 aliphatic heterocycles. The van der Waals surface area contributed by atoms with Gasteiger partial charge in [0.25, 0.3) is 0 Å². The fourth-order valence-corrected chi connectivity index (χ4v) is 1.92. The molecule has 3 rings (SSSR count). The van der Waals surface area contributed by atoms with Crippen LogP contribution >= 0.6 is 0 Å². The van der Waals surface area contributed by atoms with E-state index in [0.29, 0.717) is 11.1 Å². The number of carbonyl (C=O) groups is 1. The number of carbonyl (C=O) groups excluding carboxylic acids is 1. The second-order valence-corrected chi connectivity index (χ2v) is 4.13. The fraction of sp³-hybridized carbons (Fsp3) is 0.0769. The molecular formula is C13H8F2N2O3. The van der Waals surface area contributed by atoms with Crippen molar-refractivity contribution in [3.05, 3.63) is 42.2 Å². The molecule has 0 saturated heterocycles. The molecule has 0 atom stereocenters. The van der Waals surface area contributed by atoms with E-state index in [1.807, 2.05) is 0 Å². The Bertz CT molecular complexity index is 704. The molecule has 1 aliphatic rings. The maximum absolute atomic E-state index is 13.1. The van der Waals surface area contributed by atoms with Crippen LogP contribution in [-0.4, -0.2) is 17.2 Å². The zero-order valence-corrected chi connectivity index (χ0v) is 9.97. The van der Waals surface area contributed by atoms with Crippen LogP contribution in [0.1, 0.15) is 10.4 Å². The third-order valence-electron chi connectivity index (χ3n) is 2.76. The van der Waals surface area contributed by atoms with Crippen LogP contribution in [-0.2, 0) is 0 Å². The first-order valence-electron chi connectivity index (χ1n) is 5.60. The Morgan fingerprint density at radius 1 is 1.25 bits per heavy atom. The van der Waals surface area contributed by atoms with Gasteiger partial charge in [0.15, 0.2) is 11.5 Å². The van der Waals surface area contributed by atoms with E-state index in [4.69, 9.17) is 5.73 Å². The molecule has 0 radical (unpaired) electrons. The summed E-state index contributed by atoms with van der Waals surface area (Å²) < 4.78 is 35.1. The topological polar surface area (TPSA) is 74.4 Å². The van der Waals surface area contributed by atoms with Crippen molar-refractivity contribution in [2.24, 2.45) is 5.73 Å². The average Bonchev–Trinajstić information content (AvgIpc) is 2.72. The summed E-state index contributed by atoms with van der Waals surface area (Å²) in [6.07, 6.45) is -0.990. The molecule has 2 heterocycles. The SMILES string of the molecule is NC(=O)c1cncc(-c2cccc3c2OC(F)(F)O3)c1. The highest BCUT2D eigenvalue weighted by Crippen LogP contribution is 2.46. The van der Waals surface area contributed by atoms with Crippen molar-refractivity contribution >= 4 is 5.91 Å². The van der Waals surface area contributed by atoms with Gasteiger partial charge in [-0.1, -0.05) is 12.1 Å². The van der Waals surface area contributed by atoms with Crippen LogP contribution < -0.4 is 15.2 Å². The van der Waals surface area contributed by atoms with E-state index in [1.54, 1.807) is 6.07 Å². The van der Waals surface area contributed by atoms with Crippen molar-refractivity contribution in [2.45, 2.75) is 6.29 Å². The Balaban J connectivity index is 2.11. The number of fused-ring (bicyclic) bond motifs is 1. The lowest BCUT2D eigenvalue weighted by Gasteiger charge is -2.07. The molecule has 1 aromatic carbocycles. The molecule has 0 spiro atoms. The Kier molecular flexibility index (Phi) is 2.56.